The van der Waals surface area contributed by atoms with E-state index in [0.717, 1.165) is 19.3 Å². The summed E-state index contributed by atoms with van der Waals surface area (Å²) < 4.78 is 10.7. The molecule has 2 unspecified atom stereocenters. The number of ether oxygens (including phenoxy) is 2. The second-order valence-corrected chi connectivity index (χ2v) is 4.81. The highest BCUT2D eigenvalue weighted by Gasteiger charge is 2.34. The number of rotatable bonds is 4. The Labute approximate surface area is 114 Å². The normalized spacial score (nSPS) is 23.4. The summed E-state index contributed by atoms with van der Waals surface area (Å²) in [6.07, 6.45) is 2.76. The van der Waals surface area contributed by atoms with E-state index in [2.05, 4.69) is 0 Å². The number of methoxy groups -OCH3 is 2. The summed E-state index contributed by atoms with van der Waals surface area (Å²) in [6, 6.07) is 9.44. The first kappa shape index (κ1) is 14.0. The summed E-state index contributed by atoms with van der Waals surface area (Å²) in [6.45, 7) is 0.554. The van der Waals surface area contributed by atoms with Crippen LogP contribution in [0.15, 0.2) is 30.3 Å². The van der Waals surface area contributed by atoms with Crippen molar-refractivity contribution < 1.29 is 14.3 Å². The quantitative estimate of drug-likeness (QED) is 0.836. The highest BCUT2D eigenvalue weighted by atomic mass is 16.5. The lowest BCUT2D eigenvalue weighted by atomic mass is 9.99. The molecule has 1 aromatic carbocycles. The van der Waals surface area contributed by atoms with Crippen LogP contribution in [0.3, 0.4) is 0 Å². The summed E-state index contributed by atoms with van der Waals surface area (Å²) in [5, 5.41) is 0. The smallest absolute Gasteiger partial charge is 0.256 e. The van der Waals surface area contributed by atoms with Gasteiger partial charge in [-0.15, -0.1) is 0 Å². The van der Waals surface area contributed by atoms with Gasteiger partial charge in [0.2, 0.25) is 0 Å². The van der Waals surface area contributed by atoms with Gasteiger partial charge in [0.25, 0.3) is 5.91 Å². The van der Waals surface area contributed by atoms with Crippen LogP contribution in [0.5, 0.6) is 0 Å². The molecule has 1 heterocycles. The molecule has 1 aliphatic rings. The molecule has 0 aliphatic carbocycles. The molecule has 0 saturated carbocycles. The van der Waals surface area contributed by atoms with Crippen molar-refractivity contribution in [2.75, 3.05) is 20.8 Å². The average molecular weight is 263 g/mol. The van der Waals surface area contributed by atoms with Crippen LogP contribution in [-0.4, -0.2) is 43.9 Å². The topological polar surface area (TPSA) is 38.8 Å². The zero-order valence-electron chi connectivity index (χ0n) is 11.5. The van der Waals surface area contributed by atoms with E-state index in [9.17, 15) is 4.79 Å². The number of benzene rings is 1. The largest absolute Gasteiger partial charge is 0.383 e. The number of nitrogens with zero attached hydrogens (tertiary/aromatic N) is 1. The summed E-state index contributed by atoms with van der Waals surface area (Å²) in [5.41, 5.74) is 0.701. The van der Waals surface area contributed by atoms with E-state index < -0.39 is 0 Å². The highest BCUT2D eigenvalue weighted by molar-refractivity contribution is 5.94. The summed E-state index contributed by atoms with van der Waals surface area (Å²) in [4.78, 5) is 14.5. The van der Waals surface area contributed by atoms with Crippen molar-refractivity contribution in [3.63, 3.8) is 0 Å². The lowest BCUT2D eigenvalue weighted by molar-refractivity contribution is -0.0749. The van der Waals surface area contributed by atoms with Gasteiger partial charge >= 0.3 is 0 Å². The lowest BCUT2D eigenvalue weighted by Crippen LogP contribution is -2.52. The van der Waals surface area contributed by atoms with Gasteiger partial charge in [0.05, 0.1) is 12.6 Å². The minimum Gasteiger partial charge on any atom is -0.383 e. The van der Waals surface area contributed by atoms with Crippen LogP contribution < -0.4 is 0 Å². The third-order valence-electron chi connectivity index (χ3n) is 3.58. The Morgan fingerprint density at radius 1 is 1.26 bits per heavy atom. The predicted octanol–water partition coefficient (Wildman–Crippen LogP) is 2.30. The molecule has 0 aromatic heterocycles. The first-order chi connectivity index (χ1) is 9.27. The molecule has 2 rings (SSSR count). The fraction of sp³-hybridized carbons (Fsp3) is 0.533. The van der Waals surface area contributed by atoms with Crippen molar-refractivity contribution in [1.82, 2.24) is 4.90 Å². The van der Waals surface area contributed by atoms with Crippen LogP contribution in [0.25, 0.3) is 0 Å². The second kappa shape index (κ2) is 6.68. The zero-order valence-corrected chi connectivity index (χ0v) is 11.5. The molecule has 4 heteroatoms. The van der Waals surface area contributed by atoms with Gasteiger partial charge in [0.1, 0.15) is 6.23 Å². The first-order valence-electron chi connectivity index (χ1n) is 6.67. The molecule has 1 amide bonds. The first-order valence-corrected chi connectivity index (χ1v) is 6.67. The van der Waals surface area contributed by atoms with Gasteiger partial charge in [0.15, 0.2) is 0 Å². The Morgan fingerprint density at radius 3 is 2.63 bits per heavy atom. The van der Waals surface area contributed by atoms with Crippen molar-refractivity contribution in [1.29, 1.82) is 0 Å². The van der Waals surface area contributed by atoms with Crippen LogP contribution in [-0.2, 0) is 9.47 Å². The van der Waals surface area contributed by atoms with Gasteiger partial charge < -0.3 is 14.4 Å². The molecule has 19 heavy (non-hydrogen) atoms. The Balaban J connectivity index is 2.22. The molecule has 0 N–H and O–H groups in total. The summed E-state index contributed by atoms with van der Waals surface area (Å²) in [5.74, 6) is 0.0224. The van der Waals surface area contributed by atoms with Crippen LogP contribution in [0, 0.1) is 0 Å². The Kier molecular flexibility index (Phi) is 4.93. The van der Waals surface area contributed by atoms with E-state index in [4.69, 9.17) is 9.47 Å². The maximum atomic E-state index is 12.6. The maximum absolute atomic E-state index is 12.6. The van der Waals surface area contributed by atoms with Gasteiger partial charge in [-0.2, -0.15) is 0 Å². The number of carbonyl (C=O) groups is 1. The molecule has 1 fully saturated rings. The molecular formula is C15H21NO3. The fourth-order valence-electron chi connectivity index (χ4n) is 2.66. The Morgan fingerprint density at radius 2 is 2.00 bits per heavy atom. The predicted molar refractivity (Wildman–Crippen MR) is 72.9 cm³/mol. The van der Waals surface area contributed by atoms with Gasteiger partial charge in [0, 0.05) is 19.8 Å². The maximum Gasteiger partial charge on any atom is 0.256 e. The third kappa shape index (κ3) is 3.14. The van der Waals surface area contributed by atoms with Crippen LogP contribution >= 0.6 is 0 Å². The average Bonchev–Trinajstić information content (AvgIpc) is 2.47. The molecule has 1 aromatic rings. The minimum atomic E-state index is -0.151. The highest BCUT2D eigenvalue weighted by Crippen LogP contribution is 2.25. The molecule has 0 spiro atoms. The summed E-state index contributed by atoms with van der Waals surface area (Å²) >= 11 is 0. The number of amides is 1. The number of likely N-dealkylation sites (tertiary alicyclic amines) is 1. The van der Waals surface area contributed by atoms with E-state index in [1.165, 1.54) is 0 Å². The molecule has 0 bridgehead atoms. The van der Waals surface area contributed by atoms with Crippen molar-refractivity contribution in [2.45, 2.75) is 31.5 Å². The van der Waals surface area contributed by atoms with Crippen LogP contribution in [0.2, 0.25) is 0 Å². The molecule has 1 saturated heterocycles. The van der Waals surface area contributed by atoms with E-state index in [1.54, 1.807) is 14.2 Å². The van der Waals surface area contributed by atoms with Crippen molar-refractivity contribution in [3.8, 4) is 0 Å². The SMILES string of the molecule is COCC1CCCC(OC)N1C(=O)c1ccccc1. The number of carbonyl (C=O) groups excluding carboxylic acids is 1. The molecule has 4 nitrogen and oxygen atoms in total. The van der Waals surface area contributed by atoms with Crippen LogP contribution in [0.1, 0.15) is 29.6 Å². The Hall–Kier alpha value is -1.39. The third-order valence-corrected chi connectivity index (χ3v) is 3.58. The van der Waals surface area contributed by atoms with Crippen molar-refractivity contribution >= 4 is 5.91 Å². The summed E-state index contributed by atoms with van der Waals surface area (Å²) in [7, 11) is 3.33. The van der Waals surface area contributed by atoms with Gasteiger partial charge in [-0.05, 0) is 31.4 Å². The van der Waals surface area contributed by atoms with E-state index in [1.807, 2.05) is 35.2 Å². The van der Waals surface area contributed by atoms with Crippen LogP contribution in [0.4, 0.5) is 0 Å². The van der Waals surface area contributed by atoms with E-state index in [0.29, 0.717) is 12.2 Å². The fourth-order valence-corrected chi connectivity index (χ4v) is 2.66. The number of piperidine rings is 1. The molecule has 0 radical (unpaired) electrons. The molecule has 2 atom stereocenters. The molecular weight excluding hydrogens is 242 g/mol. The van der Waals surface area contributed by atoms with Crippen molar-refractivity contribution in [2.24, 2.45) is 0 Å². The molecule has 1 aliphatic heterocycles. The lowest BCUT2D eigenvalue weighted by Gasteiger charge is -2.41. The molecule has 104 valence electrons. The standard InChI is InChI=1S/C15H21NO3/c1-18-11-13-9-6-10-14(19-2)16(13)15(17)12-7-4-3-5-8-12/h3-5,7-8,13-14H,6,9-11H2,1-2H3. The zero-order chi connectivity index (χ0) is 13.7. The minimum absolute atomic E-state index is 0.0224. The second-order valence-electron chi connectivity index (χ2n) is 4.81. The van der Waals surface area contributed by atoms with Gasteiger partial charge in [-0.25, -0.2) is 0 Å². The van der Waals surface area contributed by atoms with E-state index >= 15 is 0 Å². The van der Waals surface area contributed by atoms with Gasteiger partial charge in [-0.3, -0.25) is 4.79 Å². The van der Waals surface area contributed by atoms with E-state index in [-0.39, 0.29) is 18.2 Å². The number of hydrogen-bond donors (Lipinski definition) is 0. The number of hydrogen-bond acceptors (Lipinski definition) is 3. The van der Waals surface area contributed by atoms with Gasteiger partial charge in [-0.1, -0.05) is 18.2 Å². The van der Waals surface area contributed by atoms with Crippen molar-refractivity contribution in [3.05, 3.63) is 35.9 Å². The monoisotopic (exact) mass is 263 g/mol. The Bertz CT molecular complexity index is 405.